The molecule has 0 unspecified atom stereocenters. The van der Waals surface area contributed by atoms with Crippen LogP contribution < -0.4 is 10.3 Å². The topological polar surface area (TPSA) is 87.8 Å². The number of benzene rings is 1. The van der Waals surface area contributed by atoms with Gasteiger partial charge in [0.15, 0.2) is 0 Å². The molecule has 1 aromatic heterocycles. The largest absolute Gasteiger partial charge is 0.366 e. The minimum Gasteiger partial charge on any atom is -0.366 e. The van der Waals surface area contributed by atoms with Crippen LogP contribution in [-0.2, 0) is 0 Å². The molecule has 7 nitrogen and oxygen atoms in total. The molecule has 0 radical (unpaired) electrons. The number of hydrazone groups is 1. The summed E-state index contributed by atoms with van der Waals surface area (Å²) >= 11 is 1.32. The number of rotatable bonds is 5. The zero-order chi connectivity index (χ0) is 16.9. The SMILES string of the molecule is O=C(NN=Cc1ccc(N2CCCC2)c([N+](=O)[O-])c1)c1cccs1. The van der Waals surface area contributed by atoms with Crippen molar-refractivity contribution in [2.75, 3.05) is 18.0 Å². The van der Waals surface area contributed by atoms with E-state index in [1.54, 1.807) is 29.6 Å². The van der Waals surface area contributed by atoms with Crippen molar-refractivity contribution in [2.24, 2.45) is 5.10 Å². The normalized spacial score (nSPS) is 14.2. The summed E-state index contributed by atoms with van der Waals surface area (Å²) in [6, 6.07) is 8.47. The lowest BCUT2D eigenvalue weighted by molar-refractivity contribution is -0.384. The second-order valence-corrected chi connectivity index (χ2v) is 6.32. The number of carbonyl (C=O) groups is 1. The maximum Gasteiger partial charge on any atom is 0.293 e. The van der Waals surface area contributed by atoms with Gasteiger partial charge in [-0.25, -0.2) is 5.43 Å². The first-order valence-corrected chi connectivity index (χ1v) is 8.43. The minimum atomic E-state index is -0.380. The van der Waals surface area contributed by atoms with E-state index < -0.39 is 0 Å². The summed E-state index contributed by atoms with van der Waals surface area (Å²) in [6.07, 6.45) is 3.51. The Morgan fingerprint density at radius 1 is 1.33 bits per heavy atom. The van der Waals surface area contributed by atoms with Gasteiger partial charge < -0.3 is 4.90 Å². The molecule has 1 saturated heterocycles. The molecule has 124 valence electrons. The van der Waals surface area contributed by atoms with Crippen molar-refractivity contribution in [3.05, 3.63) is 56.3 Å². The molecule has 2 aromatic rings. The summed E-state index contributed by atoms with van der Waals surface area (Å²) in [6.45, 7) is 1.68. The number of nitro benzene ring substituents is 1. The van der Waals surface area contributed by atoms with Gasteiger partial charge in [0.05, 0.1) is 16.0 Å². The zero-order valence-corrected chi connectivity index (χ0v) is 13.7. The Morgan fingerprint density at radius 2 is 2.12 bits per heavy atom. The predicted molar refractivity (Wildman–Crippen MR) is 93.9 cm³/mol. The maximum absolute atomic E-state index is 11.8. The number of nitro groups is 1. The molecule has 0 saturated carbocycles. The van der Waals surface area contributed by atoms with Gasteiger partial charge in [0.1, 0.15) is 5.69 Å². The molecule has 3 rings (SSSR count). The molecule has 1 aliphatic heterocycles. The Labute approximate surface area is 142 Å². The number of nitrogens with zero attached hydrogens (tertiary/aromatic N) is 3. The van der Waals surface area contributed by atoms with Crippen LogP contribution in [0, 0.1) is 10.1 Å². The van der Waals surface area contributed by atoms with Gasteiger partial charge in [-0.15, -0.1) is 11.3 Å². The number of thiophene rings is 1. The number of amides is 1. The number of carbonyl (C=O) groups excluding carboxylic acids is 1. The van der Waals surface area contributed by atoms with E-state index >= 15 is 0 Å². The molecule has 0 atom stereocenters. The Bertz CT molecular complexity index is 768. The quantitative estimate of drug-likeness (QED) is 0.513. The van der Waals surface area contributed by atoms with Gasteiger partial charge in [-0.05, 0) is 30.4 Å². The summed E-state index contributed by atoms with van der Waals surface area (Å²) in [7, 11) is 0. The van der Waals surface area contributed by atoms with Crippen molar-refractivity contribution >= 4 is 34.8 Å². The molecule has 2 heterocycles. The van der Waals surface area contributed by atoms with Gasteiger partial charge in [0.25, 0.3) is 11.6 Å². The van der Waals surface area contributed by atoms with E-state index in [1.165, 1.54) is 23.6 Å². The molecular formula is C16H16N4O3S. The Morgan fingerprint density at radius 3 is 2.79 bits per heavy atom. The van der Waals surface area contributed by atoms with Gasteiger partial charge in [0, 0.05) is 24.7 Å². The molecule has 0 bridgehead atoms. The highest BCUT2D eigenvalue weighted by molar-refractivity contribution is 7.12. The monoisotopic (exact) mass is 344 g/mol. The van der Waals surface area contributed by atoms with Crippen LogP contribution in [0.25, 0.3) is 0 Å². The first-order valence-electron chi connectivity index (χ1n) is 7.55. The molecule has 1 amide bonds. The van der Waals surface area contributed by atoms with Crippen molar-refractivity contribution in [3.8, 4) is 0 Å². The average molecular weight is 344 g/mol. The summed E-state index contributed by atoms with van der Waals surface area (Å²) in [4.78, 5) is 25.3. The second kappa shape index (κ2) is 7.22. The van der Waals surface area contributed by atoms with Crippen molar-refractivity contribution in [1.82, 2.24) is 5.43 Å². The first kappa shape index (κ1) is 16.1. The van der Waals surface area contributed by atoms with Gasteiger partial charge >= 0.3 is 0 Å². The maximum atomic E-state index is 11.8. The van der Waals surface area contributed by atoms with Crippen LogP contribution >= 0.6 is 11.3 Å². The molecule has 8 heteroatoms. The number of hydrogen-bond acceptors (Lipinski definition) is 6. The molecule has 1 aromatic carbocycles. The zero-order valence-electron chi connectivity index (χ0n) is 12.8. The minimum absolute atomic E-state index is 0.0606. The van der Waals surface area contributed by atoms with E-state index in [0.717, 1.165) is 25.9 Å². The summed E-state index contributed by atoms with van der Waals surface area (Å²) in [5.41, 5.74) is 3.68. The lowest BCUT2D eigenvalue weighted by atomic mass is 10.1. The van der Waals surface area contributed by atoms with Gasteiger partial charge in [-0.3, -0.25) is 14.9 Å². The molecular weight excluding hydrogens is 328 g/mol. The van der Waals surface area contributed by atoms with Crippen LogP contribution in [-0.4, -0.2) is 30.1 Å². The number of hydrogen-bond donors (Lipinski definition) is 1. The third kappa shape index (κ3) is 3.60. The highest BCUT2D eigenvalue weighted by Gasteiger charge is 2.22. The van der Waals surface area contributed by atoms with Crippen LogP contribution in [0.5, 0.6) is 0 Å². The van der Waals surface area contributed by atoms with E-state index in [2.05, 4.69) is 10.5 Å². The predicted octanol–water partition coefficient (Wildman–Crippen LogP) is 3.02. The van der Waals surface area contributed by atoms with E-state index in [1.807, 2.05) is 4.90 Å². The van der Waals surface area contributed by atoms with Crippen molar-refractivity contribution in [1.29, 1.82) is 0 Å². The molecule has 1 N–H and O–H groups in total. The molecule has 0 spiro atoms. The Balaban J connectivity index is 1.74. The highest BCUT2D eigenvalue weighted by Crippen LogP contribution is 2.31. The van der Waals surface area contributed by atoms with Gasteiger partial charge in [0.2, 0.25) is 0 Å². The van der Waals surface area contributed by atoms with Crippen LogP contribution in [0.1, 0.15) is 28.1 Å². The van der Waals surface area contributed by atoms with E-state index in [9.17, 15) is 14.9 Å². The van der Waals surface area contributed by atoms with Crippen LogP contribution in [0.2, 0.25) is 0 Å². The van der Waals surface area contributed by atoms with Crippen LogP contribution in [0.4, 0.5) is 11.4 Å². The fraction of sp³-hybridized carbons (Fsp3) is 0.250. The van der Waals surface area contributed by atoms with Crippen LogP contribution in [0.3, 0.4) is 0 Å². The second-order valence-electron chi connectivity index (χ2n) is 5.38. The van der Waals surface area contributed by atoms with Gasteiger partial charge in [-0.1, -0.05) is 12.1 Å². The molecule has 1 aliphatic rings. The third-order valence-electron chi connectivity index (χ3n) is 3.77. The Kier molecular flexibility index (Phi) is 4.85. The summed E-state index contributed by atoms with van der Waals surface area (Å²) < 4.78 is 0. The number of nitrogens with one attached hydrogen (secondary N) is 1. The van der Waals surface area contributed by atoms with Crippen molar-refractivity contribution in [2.45, 2.75) is 12.8 Å². The first-order chi connectivity index (χ1) is 11.6. The fourth-order valence-electron chi connectivity index (χ4n) is 2.62. The lowest BCUT2D eigenvalue weighted by Crippen LogP contribution is -2.19. The summed E-state index contributed by atoms with van der Waals surface area (Å²) in [5, 5.41) is 17.0. The van der Waals surface area contributed by atoms with Crippen molar-refractivity contribution < 1.29 is 9.72 Å². The van der Waals surface area contributed by atoms with Crippen molar-refractivity contribution in [3.63, 3.8) is 0 Å². The van der Waals surface area contributed by atoms with Gasteiger partial charge in [-0.2, -0.15) is 5.10 Å². The van der Waals surface area contributed by atoms with E-state index in [0.29, 0.717) is 16.1 Å². The number of anilines is 1. The van der Waals surface area contributed by atoms with Crippen LogP contribution in [0.15, 0.2) is 40.8 Å². The highest BCUT2D eigenvalue weighted by atomic mass is 32.1. The van der Waals surface area contributed by atoms with E-state index in [-0.39, 0.29) is 16.5 Å². The summed E-state index contributed by atoms with van der Waals surface area (Å²) in [5.74, 6) is -0.301. The lowest BCUT2D eigenvalue weighted by Gasteiger charge is -2.17. The van der Waals surface area contributed by atoms with E-state index in [4.69, 9.17) is 0 Å². The molecule has 0 aliphatic carbocycles. The molecule has 1 fully saturated rings. The smallest absolute Gasteiger partial charge is 0.293 e. The third-order valence-corrected chi connectivity index (χ3v) is 4.64. The fourth-order valence-corrected chi connectivity index (χ4v) is 3.23. The Hall–Kier alpha value is -2.74. The molecule has 24 heavy (non-hydrogen) atoms. The standard InChI is InChI=1S/C16H16N4O3S/c21-16(15-4-3-9-24-15)18-17-11-12-5-6-13(14(10-12)20(22)23)19-7-1-2-8-19/h3-6,9-11H,1-2,7-8H2,(H,18,21). The average Bonchev–Trinajstić information content (AvgIpc) is 3.28.